The van der Waals surface area contributed by atoms with Crippen LogP contribution in [-0.4, -0.2) is 22.6 Å². The van der Waals surface area contributed by atoms with Gasteiger partial charge < -0.3 is 5.32 Å². The molecule has 0 aliphatic heterocycles. The summed E-state index contributed by atoms with van der Waals surface area (Å²) in [5.74, 6) is -0.183. The SMILES string of the molecule is N#CCCCNC(=O)c1ccnnc1. The Balaban J connectivity index is 2.33. The number of rotatable bonds is 4. The molecule has 1 amide bonds. The second kappa shape index (κ2) is 5.65. The van der Waals surface area contributed by atoms with Crippen LogP contribution in [0.25, 0.3) is 0 Å². The molecule has 1 aromatic rings. The molecule has 0 aliphatic rings. The molecule has 1 rings (SSSR count). The average molecular weight is 190 g/mol. The maximum atomic E-state index is 11.3. The van der Waals surface area contributed by atoms with Crippen molar-refractivity contribution in [1.82, 2.24) is 15.5 Å². The molecule has 0 atom stereocenters. The normalized spacial score (nSPS) is 9.07. The molecule has 0 saturated heterocycles. The van der Waals surface area contributed by atoms with E-state index in [0.717, 1.165) is 0 Å². The zero-order valence-electron chi connectivity index (χ0n) is 7.60. The van der Waals surface area contributed by atoms with Crippen molar-refractivity contribution < 1.29 is 4.79 Å². The highest BCUT2D eigenvalue weighted by Crippen LogP contribution is 1.93. The topological polar surface area (TPSA) is 78.7 Å². The van der Waals surface area contributed by atoms with Crippen LogP contribution in [0, 0.1) is 11.3 Å². The van der Waals surface area contributed by atoms with E-state index in [1.54, 1.807) is 6.07 Å². The van der Waals surface area contributed by atoms with Gasteiger partial charge in [0, 0.05) is 13.0 Å². The van der Waals surface area contributed by atoms with Crippen LogP contribution < -0.4 is 5.32 Å². The summed E-state index contributed by atoms with van der Waals surface area (Å²) in [5, 5.41) is 18.1. The second-order valence-corrected chi connectivity index (χ2v) is 2.65. The highest BCUT2D eigenvalue weighted by atomic mass is 16.1. The molecule has 0 unspecified atom stereocenters. The van der Waals surface area contributed by atoms with Gasteiger partial charge >= 0.3 is 0 Å². The van der Waals surface area contributed by atoms with Crippen LogP contribution in [0.5, 0.6) is 0 Å². The van der Waals surface area contributed by atoms with Crippen LogP contribution in [0.15, 0.2) is 18.5 Å². The van der Waals surface area contributed by atoms with Gasteiger partial charge in [0.05, 0.1) is 24.0 Å². The number of carbonyl (C=O) groups excluding carboxylic acids is 1. The summed E-state index contributed by atoms with van der Waals surface area (Å²) >= 11 is 0. The lowest BCUT2D eigenvalue weighted by Crippen LogP contribution is -2.24. The molecule has 14 heavy (non-hydrogen) atoms. The van der Waals surface area contributed by atoms with Gasteiger partial charge in [-0.1, -0.05) is 0 Å². The summed E-state index contributed by atoms with van der Waals surface area (Å²) in [5.41, 5.74) is 0.483. The lowest BCUT2D eigenvalue weighted by Gasteiger charge is -2.01. The first-order chi connectivity index (χ1) is 6.84. The molecule has 72 valence electrons. The van der Waals surface area contributed by atoms with E-state index in [4.69, 9.17) is 5.26 Å². The molecule has 0 fully saturated rings. The number of amides is 1. The number of aromatic nitrogens is 2. The van der Waals surface area contributed by atoms with Crippen LogP contribution in [-0.2, 0) is 0 Å². The third kappa shape index (κ3) is 3.19. The van der Waals surface area contributed by atoms with E-state index in [2.05, 4.69) is 15.5 Å². The van der Waals surface area contributed by atoms with Crippen molar-refractivity contribution in [2.75, 3.05) is 6.54 Å². The van der Waals surface area contributed by atoms with Crippen molar-refractivity contribution in [3.05, 3.63) is 24.0 Å². The van der Waals surface area contributed by atoms with Gasteiger partial charge in [-0.05, 0) is 12.5 Å². The summed E-state index contributed by atoms with van der Waals surface area (Å²) in [6.45, 7) is 0.509. The lowest BCUT2D eigenvalue weighted by molar-refractivity contribution is 0.0953. The maximum Gasteiger partial charge on any atom is 0.252 e. The minimum Gasteiger partial charge on any atom is -0.352 e. The molecular weight excluding hydrogens is 180 g/mol. The first-order valence-electron chi connectivity index (χ1n) is 4.26. The van der Waals surface area contributed by atoms with Gasteiger partial charge in [0.1, 0.15) is 0 Å². The monoisotopic (exact) mass is 190 g/mol. The Bertz CT molecular complexity index is 330. The predicted octanol–water partition coefficient (Wildman–Crippen LogP) is 0.510. The summed E-state index contributed by atoms with van der Waals surface area (Å²) < 4.78 is 0. The Hall–Kier alpha value is -1.96. The van der Waals surface area contributed by atoms with E-state index in [0.29, 0.717) is 24.9 Å². The van der Waals surface area contributed by atoms with Crippen LogP contribution in [0.3, 0.4) is 0 Å². The molecule has 1 aromatic heterocycles. The fourth-order valence-corrected chi connectivity index (χ4v) is 0.896. The number of unbranched alkanes of at least 4 members (excludes halogenated alkanes) is 1. The Morgan fingerprint density at radius 1 is 1.57 bits per heavy atom. The van der Waals surface area contributed by atoms with E-state index in [-0.39, 0.29) is 5.91 Å². The first-order valence-corrected chi connectivity index (χ1v) is 4.26. The lowest BCUT2D eigenvalue weighted by atomic mass is 10.3. The molecular formula is C9H10N4O. The van der Waals surface area contributed by atoms with Crippen LogP contribution in [0.1, 0.15) is 23.2 Å². The number of nitriles is 1. The predicted molar refractivity (Wildman–Crippen MR) is 49.2 cm³/mol. The third-order valence-electron chi connectivity index (χ3n) is 1.60. The maximum absolute atomic E-state index is 11.3. The molecule has 1 N–H and O–H groups in total. The molecule has 0 spiro atoms. The van der Waals surface area contributed by atoms with Crippen LogP contribution >= 0.6 is 0 Å². The van der Waals surface area contributed by atoms with Crippen molar-refractivity contribution in [2.45, 2.75) is 12.8 Å². The molecule has 0 saturated carbocycles. The molecule has 0 aromatic carbocycles. The van der Waals surface area contributed by atoms with E-state index < -0.39 is 0 Å². The fraction of sp³-hybridized carbons (Fsp3) is 0.333. The number of hydrogen-bond donors (Lipinski definition) is 1. The van der Waals surface area contributed by atoms with Crippen LogP contribution in [0.4, 0.5) is 0 Å². The quantitative estimate of drug-likeness (QED) is 0.701. The number of nitrogens with zero attached hydrogens (tertiary/aromatic N) is 3. The van der Waals surface area contributed by atoms with Gasteiger partial charge in [-0.25, -0.2) is 0 Å². The van der Waals surface area contributed by atoms with Crippen molar-refractivity contribution in [2.24, 2.45) is 0 Å². The van der Waals surface area contributed by atoms with Gasteiger partial charge in [-0.15, -0.1) is 0 Å². The molecule has 5 heteroatoms. The van der Waals surface area contributed by atoms with Gasteiger partial charge in [0.25, 0.3) is 5.91 Å². The zero-order valence-corrected chi connectivity index (χ0v) is 7.60. The zero-order chi connectivity index (χ0) is 10.2. The highest BCUT2D eigenvalue weighted by molar-refractivity contribution is 5.93. The summed E-state index contributed by atoms with van der Waals surface area (Å²) in [4.78, 5) is 11.3. The number of nitrogens with one attached hydrogen (secondary N) is 1. The third-order valence-corrected chi connectivity index (χ3v) is 1.60. The summed E-state index contributed by atoms with van der Waals surface area (Å²) in [7, 11) is 0. The van der Waals surface area contributed by atoms with Crippen molar-refractivity contribution in [3.8, 4) is 6.07 Å². The fourth-order valence-electron chi connectivity index (χ4n) is 0.896. The summed E-state index contributed by atoms with van der Waals surface area (Å²) in [6, 6.07) is 3.60. The highest BCUT2D eigenvalue weighted by Gasteiger charge is 2.03. The average Bonchev–Trinajstić information content (AvgIpc) is 2.25. The molecule has 0 aliphatic carbocycles. The van der Waals surface area contributed by atoms with Crippen molar-refractivity contribution >= 4 is 5.91 Å². The largest absolute Gasteiger partial charge is 0.352 e. The number of carbonyl (C=O) groups is 1. The standard InChI is InChI=1S/C9H10N4O/c10-4-1-2-5-11-9(14)8-3-6-12-13-7-8/h3,6-7H,1-2,5H2,(H,11,14). The van der Waals surface area contributed by atoms with E-state index in [1.807, 2.05) is 6.07 Å². The molecule has 1 heterocycles. The van der Waals surface area contributed by atoms with E-state index >= 15 is 0 Å². The van der Waals surface area contributed by atoms with Gasteiger partial charge in [0.2, 0.25) is 0 Å². The first kappa shape index (κ1) is 10.1. The minimum atomic E-state index is -0.183. The van der Waals surface area contributed by atoms with Crippen LogP contribution in [0.2, 0.25) is 0 Å². The Morgan fingerprint density at radius 2 is 2.43 bits per heavy atom. The van der Waals surface area contributed by atoms with E-state index in [1.165, 1.54) is 12.4 Å². The Labute approximate surface area is 81.8 Å². The smallest absolute Gasteiger partial charge is 0.252 e. The molecule has 5 nitrogen and oxygen atoms in total. The Morgan fingerprint density at radius 3 is 3.07 bits per heavy atom. The van der Waals surface area contributed by atoms with E-state index in [9.17, 15) is 4.79 Å². The Kier molecular flexibility index (Phi) is 4.08. The van der Waals surface area contributed by atoms with Crippen molar-refractivity contribution in [3.63, 3.8) is 0 Å². The summed E-state index contributed by atoms with van der Waals surface area (Å²) in [6.07, 6.45) is 3.99. The minimum absolute atomic E-state index is 0.183. The van der Waals surface area contributed by atoms with Crippen molar-refractivity contribution in [1.29, 1.82) is 5.26 Å². The molecule has 0 bridgehead atoms. The second-order valence-electron chi connectivity index (χ2n) is 2.65. The van der Waals surface area contributed by atoms with Gasteiger partial charge in [0.15, 0.2) is 0 Å². The number of hydrogen-bond acceptors (Lipinski definition) is 4. The van der Waals surface area contributed by atoms with Gasteiger partial charge in [-0.2, -0.15) is 15.5 Å². The molecule has 0 radical (unpaired) electrons. The van der Waals surface area contributed by atoms with Gasteiger partial charge in [-0.3, -0.25) is 4.79 Å².